The van der Waals surface area contributed by atoms with Gasteiger partial charge in [-0.05, 0) is 0 Å². The van der Waals surface area contributed by atoms with Gasteiger partial charge in [0.05, 0.1) is 11.1 Å². The fourth-order valence-electron chi connectivity index (χ4n) is 2.52. The van der Waals surface area contributed by atoms with Gasteiger partial charge in [0.25, 0.3) is 11.2 Å². The lowest BCUT2D eigenvalue weighted by Gasteiger charge is -1.97. The maximum Gasteiger partial charge on any atom is 0.329 e. The fourth-order valence-corrected chi connectivity index (χ4v) is 2.52. The number of imidazole rings is 1. The van der Waals surface area contributed by atoms with Crippen molar-refractivity contribution in [1.82, 2.24) is 18.9 Å². The van der Waals surface area contributed by atoms with E-state index >= 15 is 0 Å². The van der Waals surface area contributed by atoms with Crippen molar-refractivity contribution in [3.05, 3.63) is 61.4 Å². The smallest absolute Gasteiger partial charge is 0.329 e. The second-order valence-corrected chi connectivity index (χ2v) is 5.16. The third-order valence-corrected chi connectivity index (χ3v) is 3.71. The van der Waals surface area contributed by atoms with Gasteiger partial charge in [0.1, 0.15) is 0 Å². The molecule has 0 amide bonds. The van der Waals surface area contributed by atoms with Crippen molar-refractivity contribution in [2.45, 2.75) is 0 Å². The number of aryl methyl sites for hydroxylation is 1. The molecule has 10 nitrogen and oxygen atoms in total. The molecule has 24 heavy (non-hydrogen) atoms. The predicted molar refractivity (Wildman–Crippen MR) is 82.9 cm³/mol. The Morgan fingerprint density at radius 1 is 1.33 bits per heavy atom. The van der Waals surface area contributed by atoms with Crippen LogP contribution in [0, 0.1) is 10.1 Å². The fraction of sp³-hybridized carbons (Fsp3) is 0.0714. The molecule has 3 heterocycles. The zero-order chi connectivity index (χ0) is 17.0. The molecule has 0 aliphatic carbocycles. The normalized spacial score (nSPS) is 11.4. The molecule has 120 valence electrons. The number of rotatable bonds is 2. The van der Waals surface area contributed by atoms with Crippen LogP contribution < -0.4 is 11.2 Å². The summed E-state index contributed by atoms with van der Waals surface area (Å²) in [5, 5.41) is 10.9. The minimum absolute atomic E-state index is 0.0772. The summed E-state index contributed by atoms with van der Waals surface area (Å²) in [5.74, 6) is 0.426. The quantitative estimate of drug-likeness (QED) is 0.433. The van der Waals surface area contributed by atoms with Crippen molar-refractivity contribution in [2.75, 3.05) is 0 Å². The number of nitrogens with zero attached hydrogens (tertiary/aromatic N) is 4. The summed E-state index contributed by atoms with van der Waals surface area (Å²) in [6, 6.07) is 5.91. The molecule has 0 fully saturated rings. The first-order chi connectivity index (χ1) is 11.5. The minimum Gasteiger partial charge on any atom is -0.423 e. The van der Waals surface area contributed by atoms with Crippen molar-refractivity contribution >= 4 is 22.7 Å². The Bertz CT molecular complexity index is 1240. The third-order valence-electron chi connectivity index (χ3n) is 3.71. The number of fused-ring (bicyclic) bond motifs is 3. The van der Waals surface area contributed by atoms with E-state index in [0.29, 0.717) is 11.3 Å². The highest BCUT2D eigenvalue weighted by molar-refractivity contribution is 5.76. The van der Waals surface area contributed by atoms with Gasteiger partial charge in [-0.15, -0.1) is 0 Å². The summed E-state index contributed by atoms with van der Waals surface area (Å²) in [7, 11) is 1.48. The van der Waals surface area contributed by atoms with E-state index in [1.54, 1.807) is 6.07 Å². The summed E-state index contributed by atoms with van der Waals surface area (Å²) in [6.45, 7) is 0. The molecule has 0 atom stereocenters. The van der Waals surface area contributed by atoms with Crippen LogP contribution in [0.15, 0.2) is 44.5 Å². The van der Waals surface area contributed by atoms with Gasteiger partial charge < -0.3 is 4.42 Å². The molecule has 4 aromatic rings. The molecule has 0 aliphatic rings. The highest BCUT2D eigenvalue weighted by Crippen LogP contribution is 2.27. The standard InChI is InChI=1S/C14H9N5O5/c1-17-11-10(12(20)16-13(17)21)18-6-9(24-14(18)15-11)7-3-2-4-8(5-7)19(22)23/h2-6H,1H3,(H,16,20,21). The van der Waals surface area contributed by atoms with Crippen LogP contribution in [0.3, 0.4) is 0 Å². The van der Waals surface area contributed by atoms with E-state index in [2.05, 4.69) is 9.97 Å². The van der Waals surface area contributed by atoms with Gasteiger partial charge in [0.2, 0.25) is 0 Å². The number of nitro benzene ring substituents is 1. The van der Waals surface area contributed by atoms with E-state index in [-0.39, 0.29) is 22.7 Å². The van der Waals surface area contributed by atoms with E-state index in [1.165, 1.54) is 40.4 Å². The number of aromatic nitrogens is 4. The Hall–Kier alpha value is -3.69. The summed E-state index contributed by atoms with van der Waals surface area (Å²) in [4.78, 5) is 40.4. The predicted octanol–water partition coefficient (Wildman–Crippen LogP) is 1.04. The van der Waals surface area contributed by atoms with Crippen molar-refractivity contribution in [1.29, 1.82) is 0 Å². The van der Waals surface area contributed by atoms with Crippen LogP contribution in [0.1, 0.15) is 0 Å². The first kappa shape index (κ1) is 13.9. The van der Waals surface area contributed by atoms with Crippen molar-refractivity contribution in [3.63, 3.8) is 0 Å². The maximum atomic E-state index is 12.1. The summed E-state index contributed by atoms with van der Waals surface area (Å²) < 4.78 is 8.19. The Labute approximate surface area is 131 Å². The van der Waals surface area contributed by atoms with E-state index in [4.69, 9.17) is 4.42 Å². The lowest BCUT2D eigenvalue weighted by Crippen LogP contribution is -2.28. The van der Waals surface area contributed by atoms with Gasteiger partial charge in [-0.3, -0.25) is 28.9 Å². The van der Waals surface area contributed by atoms with Crippen LogP contribution in [-0.4, -0.2) is 23.9 Å². The molecule has 0 bridgehead atoms. The topological polar surface area (TPSA) is 128 Å². The second-order valence-electron chi connectivity index (χ2n) is 5.16. The molecule has 0 saturated heterocycles. The number of nitrogens with one attached hydrogen (secondary N) is 1. The molecule has 0 unspecified atom stereocenters. The van der Waals surface area contributed by atoms with E-state index in [1.807, 2.05) is 0 Å². The molecule has 0 saturated carbocycles. The maximum absolute atomic E-state index is 12.1. The van der Waals surface area contributed by atoms with Crippen LogP contribution in [0.2, 0.25) is 0 Å². The Kier molecular flexibility index (Phi) is 2.70. The summed E-state index contributed by atoms with van der Waals surface area (Å²) >= 11 is 0. The highest BCUT2D eigenvalue weighted by atomic mass is 16.6. The Morgan fingerprint density at radius 3 is 2.88 bits per heavy atom. The van der Waals surface area contributed by atoms with Gasteiger partial charge in [0, 0.05) is 24.7 Å². The first-order valence-electron chi connectivity index (χ1n) is 6.81. The molecule has 3 aromatic heterocycles. The number of oxazole rings is 1. The Morgan fingerprint density at radius 2 is 2.12 bits per heavy atom. The zero-order valence-electron chi connectivity index (χ0n) is 12.2. The zero-order valence-corrected chi connectivity index (χ0v) is 12.2. The van der Waals surface area contributed by atoms with Crippen molar-refractivity contribution < 1.29 is 9.34 Å². The molecule has 1 aromatic carbocycles. The van der Waals surface area contributed by atoms with Gasteiger partial charge in [-0.1, -0.05) is 12.1 Å². The van der Waals surface area contributed by atoms with Crippen molar-refractivity contribution in [3.8, 4) is 11.3 Å². The van der Waals surface area contributed by atoms with Crippen LogP contribution >= 0.6 is 0 Å². The molecular formula is C14H9N5O5. The number of nitro groups is 1. The van der Waals surface area contributed by atoms with Gasteiger partial charge >= 0.3 is 11.5 Å². The average Bonchev–Trinajstić information content (AvgIpc) is 3.10. The van der Waals surface area contributed by atoms with E-state index in [9.17, 15) is 19.7 Å². The third kappa shape index (κ3) is 1.86. The summed E-state index contributed by atoms with van der Waals surface area (Å²) in [6.07, 6.45) is 1.50. The number of non-ortho nitro benzene ring substituents is 1. The van der Waals surface area contributed by atoms with Crippen LogP contribution in [-0.2, 0) is 7.05 Å². The number of hydrogen-bond acceptors (Lipinski definition) is 6. The van der Waals surface area contributed by atoms with Crippen LogP contribution in [0.4, 0.5) is 5.69 Å². The second kappa shape index (κ2) is 4.65. The molecule has 4 rings (SSSR count). The average molecular weight is 327 g/mol. The number of H-pyrrole nitrogens is 1. The lowest BCUT2D eigenvalue weighted by atomic mass is 10.1. The van der Waals surface area contributed by atoms with Gasteiger partial charge in [0.15, 0.2) is 16.9 Å². The van der Waals surface area contributed by atoms with Crippen LogP contribution in [0.25, 0.3) is 28.3 Å². The monoisotopic (exact) mass is 327 g/mol. The lowest BCUT2D eigenvalue weighted by molar-refractivity contribution is -0.384. The molecule has 0 radical (unpaired) electrons. The Balaban J connectivity index is 1.99. The number of hydrogen-bond donors (Lipinski definition) is 1. The number of aromatic amines is 1. The van der Waals surface area contributed by atoms with E-state index < -0.39 is 16.2 Å². The highest BCUT2D eigenvalue weighted by Gasteiger charge is 2.18. The number of benzene rings is 1. The molecule has 1 N–H and O–H groups in total. The van der Waals surface area contributed by atoms with Gasteiger partial charge in [-0.2, -0.15) is 4.98 Å². The minimum atomic E-state index is -0.591. The molecule has 10 heteroatoms. The van der Waals surface area contributed by atoms with Crippen LogP contribution in [0.5, 0.6) is 0 Å². The molecule has 0 aliphatic heterocycles. The van der Waals surface area contributed by atoms with E-state index in [0.717, 1.165) is 0 Å². The van der Waals surface area contributed by atoms with Crippen molar-refractivity contribution in [2.24, 2.45) is 7.05 Å². The molecular weight excluding hydrogens is 318 g/mol. The molecule has 0 spiro atoms. The SMILES string of the molecule is Cn1c(=O)[nH]c(=O)c2c1nc1oc(-c3cccc([N+](=O)[O-])c3)cn12. The first-order valence-corrected chi connectivity index (χ1v) is 6.81. The largest absolute Gasteiger partial charge is 0.423 e. The summed E-state index contributed by atoms with van der Waals surface area (Å²) in [5.41, 5.74) is -0.421. The van der Waals surface area contributed by atoms with Gasteiger partial charge in [-0.25, -0.2) is 4.79 Å².